The Morgan fingerprint density at radius 3 is 2.85 bits per heavy atom. The van der Waals surface area contributed by atoms with Crippen LogP contribution in [0.3, 0.4) is 0 Å². The highest BCUT2D eigenvalue weighted by molar-refractivity contribution is 7.89. The normalized spacial score (nSPS) is 21.0. The summed E-state index contributed by atoms with van der Waals surface area (Å²) in [5, 5.41) is 3.24. The van der Waals surface area contributed by atoms with Crippen LogP contribution < -0.4 is 10.0 Å². The van der Waals surface area contributed by atoms with E-state index in [9.17, 15) is 12.8 Å². The minimum atomic E-state index is -3.71. The molecule has 2 rings (SSSR count). The summed E-state index contributed by atoms with van der Waals surface area (Å²) in [6, 6.07) is 0.780. The standard InChI is InChI=1S/C12H18FN3O2S.ClH/c1-9(10-3-2-4-14-6-10)16-19(17,18)12-5-11(13)7-15-8-12;/h5,7-10,14,16H,2-4,6H2,1H3;1H. The summed E-state index contributed by atoms with van der Waals surface area (Å²) in [6.45, 7) is 3.61. The fraction of sp³-hybridized carbons (Fsp3) is 0.583. The van der Waals surface area contributed by atoms with Gasteiger partial charge in [-0.3, -0.25) is 4.98 Å². The van der Waals surface area contributed by atoms with Gasteiger partial charge in [0, 0.05) is 12.2 Å². The van der Waals surface area contributed by atoms with Gasteiger partial charge >= 0.3 is 0 Å². The van der Waals surface area contributed by atoms with Crippen molar-refractivity contribution in [3.63, 3.8) is 0 Å². The Morgan fingerprint density at radius 1 is 1.50 bits per heavy atom. The molecule has 2 unspecified atom stereocenters. The topological polar surface area (TPSA) is 71.1 Å². The zero-order valence-electron chi connectivity index (χ0n) is 11.2. The molecule has 1 saturated heterocycles. The number of hydrogen-bond acceptors (Lipinski definition) is 4. The average Bonchev–Trinajstić information content (AvgIpc) is 2.39. The average molecular weight is 324 g/mol. The van der Waals surface area contributed by atoms with Gasteiger partial charge in [-0.05, 0) is 44.8 Å². The quantitative estimate of drug-likeness (QED) is 0.876. The number of halogens is 2. The van der Waals surface area contributed by atoms with Gasteiger partial charge in [-0.1, -0.05) is 0 Å². The predicted octanol–water partition coefficient (Wildman–Crippen LogP) is 1.31. The molecule has 1 fully saturated rings. The number of nitrogens with one attached hydrogen (secondary N) is 2. The van der Waals surface area contributed by atoms with E-state index in [0.717, 1.165) is 44.4 Å². The molecule has 2 atom stereocenters. The zero-order valence-corrected chi connectivity index (χ0v) is 12.8. The molecule has 0 saturated carbocycles. The number of pyridine rings is 1. The van der Waals surface area contributed by atoms with Crippen LogP contribution in [0.25, 0.3) is 0 Å². The summed E-state index contributed by atoms with van der Waals surface area (Å²) < 4.78 is 39.8. The molecule has 0 amide bonds. The lowest BCUT2D eigenvalue weighted by Crippen LogP contribution is -2.44. The van der Waals surface area contributed by atoms with E-state index in [4.69, 9.17) is 0 Å². The maximum atomic E-state index is 13.0. The van der Waals surface area contributed by atoms with Crippen molar-refractivity contribution in [3.8, 4) is 0 Å². The number of rotatable bonds is 4. The van der Waals surface area contributed by atoms with Gasteiger partial charge in [0.1, 0.15) is 10.7 Å². The lowest BCUT2D eigenvalue weighted by atomic mass is 9.94. The molecule has 0 spiro atoms. The van der Waals surface area contributed by atoms with E-state index in [1.807, 2.05) is 6.92 Å². The largest absolute Gasteiger partial charge is 0.316 e. The third kappa shape index (κ3) is 4.37. The van der Waals surface area contributed by atoms with Gasteiger partial charge in [0.15, 0.2) is 0 Å². The van der Waals surface area contributed by atoms with Gasteiger partial charge in [0.25, 0.3) is 0 Å². The van der Waals surface area contributed by atoms with Crippen molar-refractivity contribution < 1.29 is 12.8 Å². The van der Waals surface area contributed by atoms with Gasteiger partial charge < -0.3 is 5.32 Å². The molecular formula is C12H19ClFN3O2S. The molecule has 0 aliphatic carbocycles. The lowest BCUT2D eigenvalue weighted by Gasteiger charge is -2.28. The third-order valence-corrected chi connectivity index (χ3v) is 4.90. The maximum Gasteiger partial charge on any atom is 0.242 e. The molecule has 8 heteroatoms. The number of hydrogen-bond donors (Lipinski definition) is 2. The van der Waals surface area contributed by atoms with E-state index < -0.39 is 15.8 Å². The molecule has 0 aromatic carbocycles. The van der Waals surface area contributed by atoms with Gasteiger partial charge in [-0.2, -0.15) is 0 Å². The molecule has 1 aliphatic heterocycles. The van der Waals surface area contributed by atoms with Crippen LogP contribution in [0.1, 0.15) is 19.8 Å². The summed E-state index contributed by atoms with van der Waals surface area (Å²) in [5.41, 5.74) is 0. The fourth-order valence-electron chi connectivity index (χ4n) is 2.25. The van der Waals surface area contributed by atoms with Crippen LogP contribution in [0.2, 0.25) is 0 Å². The van der Waals surface area contributed by atoms with Crippen LogP contribution in [0.4, 0.5) is 4.39 Å². The second-order valence-corrected chi connectivity index (χ2v) is 6.57. The summed E-state index contributed by atoms with van der Waals surface area (Å²) in [4.78, 5) is 3.43. The van der Waals surface area contributed by atoms with E-state index in [-0.39, 0.29) is 29.3 Å². The first-order valence-corrected chi connectivity index (χ1v) is 7.81. The maximum absolute atomic E-state index is 13.0. The highest BCUT2D eigenvalue weighted by Crippen LogP contribution is 2.17. The molecule has 114 valence electrons. The number of aromatic nitrogens is 1. The molecule has 1 aromatic heterocycles. The second kappa shape index (κ2) is 7.31. The molecule has 5 nitrogen and oxygen atoms in total. The number of sulfonamides is 1. The smallest absolute Gasteiger partial charge is 0.242 e. The Morgan fingerprint density at radius 2 is 2.25 bits per heavy atom. The molecule has 2 heterocycles. The van der Waals surface area contributed by atoms with Crippen LogP contribution in [-0.2, 0) is 10.0 Å². The monoisotopic (exact) mass is 323 g/mol. The van der Waals surface area contributed by atoms with Crippen LogP contribution in [-0.4, -0.2) is 32.5 Å². The summed E-state index contributed by atoms with van der Waals surface area (Å²) in [7, 11) is -3.71. The summed E-state index contributed by atoms with van der Waals surface area (Å²) in [5.74, 6) is -0.403. The lowest BCUT2D eigenvalue weighted by molar-refractivity contribution is 0.320. The van der Waals surface area contributed by atoms with Crippen LogP contribution in [0, 0.1) is 11.7 Å². The molecular weight excluding hydrogens is 305 g/mol. The first-order valence-electron chi connectivity index (χ1n) is 6.32. The van der Waals surface area contributed by atoms with Gasteiger partial charge in [0.2, 0.25) is 10.0 Å². The van der Waals surface area contributed by atoms with Crippen molar-refractivity contribution >= 4 is 22.4 Å². The van der Waals surface area contributed by atoms with E-state index in [1.165, 1.54) is 0 Å². The van der Waals surface area contributed by atoms with Crippen LogP contribution in [0.5, 0.6) is 0 Å². The SMILES string of the molecule is CC(NS(=O)(=O)c1cncc(F)c1)C1CCCNC1.Cl. The molecule has 2 N–H and O–H groups in total. The highest BCUT2D eigenvalue weighted by atomic mass is 35.5. The molecule has 0 bridgehead atoms. The molecule has 1 aliphatic rings. The molecule has 1 aromatic rings. The van der Waals surface area contributed by atoms with Crippen molar-refractivity contribution in [1.29, 1.82) is 0 Å². The highest BCUT2D eigenvalue weighted by Gasteiger charge is 2.25. The predicted molar refractivity (Wildman–Crippen MR) is 76.8 cm³/mol. The van der Waals surface area contributed by atoms with Crippen LogP contribution in [0.15, 0.2) is 23.4 Å². The van der Waals surface area contributed by atoms with Crippen molar-refractivity contribution in [1.82, 2.24) is 15.0 Å². The molecule has 20 heavy (non-hydrogen) atoms. The first kappa shape index (κ1) is 17.3. The number of nitrogens with zero attached hydrogens (tertiary/aromatic N) is 1. The fourth-order valence-corrected chi connectivity index (χ4v) is 3.54. The van der Waals surface area contributed by atoms with Gasteiger partial charge in [0.05, 0.1) is 6.20 Å². The molecule has 0 radical (unpaired) electrons. The minimum Gasteiger partial charge on any atom is -0.316 e. The second-order valence-electron chi connectivity index (χ2n) is 4.86. The van der Waals surface area contributed by atoms with E-state index in [0.29, 0.717) is 0 Å². The zero-order chi connectivity index (χ0) is 13.9. The first-order chi connectivity index (χ1) is 8.99. The van der Waals surface area contributed by atoms with Gasteiger partial charge in [-0.25, -0.2) is 17.5 Å². The van der Waals surface area contributed by atoms with Crippen LogP contribution >= 0.6 is 12.4 Å². The van der Waals surface area contributed by atoms with Crippen molar-refractivity contribution in [2.45, 2.75) is 30.7 Å². The third-order valence-electron chi connectivity index (χ3n) is 3.37. The Kier molecular flexibility index (Phi) is 6.32. The minimum absolute atomic E-state index is 0. The Hall–Kier alpha value is -0.760. The van der Waals surface area contributed by atoms with Crippen molar-refractivity contribution in [3.05, 3.63) is 24.3 Å². The Labute approximate surface area is 124 Å². The van der Waals surface area contributed by atoms with E-state index in [2.05, 4.69) is 15.0 Å². The van der Waals surface area contributed by atoms with Gasteiger partial charge in [-0.15, -0.1) is 12.4 Å². The summed E-state index contributed by atoms with van der Waals surface area (Å²) in [6.07, 6.45) is 4.15. The Balaban J connectivity index is 0.00000200. The summed E-state index contributed by atoms with van der Waals surface area (Å²) >= 11 is 0. The Bertz CT molecular complexity index is 535. The number of piperidine rings is 1. The van der Waals surface area contributed by atoms with Crippen molar-refractivity contribution in [2.75, 3.05) is 13.1 Å². The van der Waals surface area contributed by atoms with E-state index in [1.54, 1.807) is 0 Å². The van der Waals surface area contributed by atoms with Crippen molar-refractivity contribution in [2.24, 2.45) is 5.92 Å². The van der Waals surface area contributed by atoms with E-state index >= 15 is 0 Å².